The maximum atomic E-state index is 5.43. The third kappa shape index (κ3) is 1.71. The number of nitrogens with zero attached hydrogens (tertiary/aromatic N) is 1. The highest BCUT2D eigenvalue weighted by atomic mass is 79.9. The summed E-state index contributed by atoms with van der Waals surface area (Å²) in [6.07, 6.45) is 8.25. The van der Waals surface area contributed by atoms with E-state index in [0.717, 1.165) is 10.6 Å². The second-order valence-corrected chi connectivity index (χ2v) is 4.12. The van der Waals surface area contributed by atoms with Gasteiger partial charge in [-0.2, -0.15) is 0 Å². The fourth-order valence-corrected chi connectivity index (χ4v) is 2.07. The quantitative estimate of drug-likeness (QED) is 0.738. The summed E-state index contributed by atoms with van der Waals surface area (Å²) in [7, 11) is 0. The van der Waals surface area contributed by atoms with Crippen LogP contribution in [0.25, 0.3) is 0 Å². The smallest absolute Gasteiger partial charge is 0.198 e. The largest absolute Gasteiger partial charge is 0.434 e. The van der Waals surface area contributed by atoms with E-state index in [1.54, 1.807) is 6.20 Å². The summed E-state index contributed by atoms with van der Waals surface area (Å²) in [5, 5.41) is 0. The Kier molecular flexibility index (Phi) is 2.49. The number of oxazole rings is 1. The van der Waals surface area contributed by atoms with Crippen LogP contribution in [0, 0.1) is 0 Å². The van der Waals surface area contributed by atoms with E-state index in [1.807, 2.05) is 0 Å². The molecular weight excluding hydrogens is 218 g/mol. The molecule has 0 amide bonds. The van der Waals surface area contributed by atoms with Gasteiger partial charge in [-0.1, -0.05) is 19.3 Å². The Balaban J connectivity index is 2.08. The van der Waals surface area contributed by atoms with Crippen LogP contribution in [-0.4, -0.2) is 4.98 Å². The second kappa shape index (κ2) is 3.60. The number of rotatable bonds is 1. The Morgan fingerprint density at radius 3 is 2.67 bits per heavy atom. The SMILES string of the molecule is Brc1cnc(C2CCCCC2)o1. The summed E-state index contributed by atoms with van der Waals surface area (Å²) in [6.45, 7) is 0. The fraction of sp³-hybridized carbons (Fsp3) is 0.667. The Labute approximate surface area is 80.5 Å². The highest BCUT2D eigenvalue weighted by Gasteiger charge is 2.19. The van der Waals surface area contributed by atoms with E-state index >= 15 is 0 Å². The Morgan fingerprint density at radius 2 is 2.08 bits per heavy atom. The lowest BCUT2D eigenvalue weighted by molar-refractivity contribution is 0.357. The molecule has 1 fully saturated rings. The average Bonchev–Trinajstić information content (AvgIpc) is 2.54. The zero-order valence-corrected chi connectivity index (χ0v) is 8.51. The first-order valence-corrected chi connectivity index (χ1v) is 5.27. The second-order valence-electron chi connectivity index (χ2n) is 3.34. The molecule has 1 aliphatic carbocycles. The van der Waals surface area contributed by atoms with E-state index < -0.39 is 0 Å². The third-order valence-corrected chi connectivity index (χ3v) is 2.82. The van der Waals surface area contributed by atoms with Crippen molar-refractivity contribution in [1.82, 2.24) is 4.98 Å². The number of halogens is 1. The number of hydrogen-bond donors (Lipinski definition) is 0. The monoisotopic (exact) mass is 229 g/mol. The molecule has 1 aromatic rings. The van der Waals surface area contributed by atoms with Crippen LogP contribution in [0.2, 0.25) is 0 Å². The fourth-order valence-electron chi connectivity index (χ4n) is 1.81. The van der Waals surface area contributed by atoms with E-state index in [2.05, 4.69) is 20.9 Å². The van der Waals surface area contributed by atoms with Crippen LogP contribution in [-0.2, 0) is 0 Å². The summed E-state index contributed by atoms with van der Waals surface area (Å²) in [4.78, 5) is 4.23. The molecule has 0 radical (unpaired) electrons. The molecule has 0 unspecified atom stereocenters. The Bertz CT molecular complexity index is 253. The molecule has 1 saturated carbocycles. The summed E-state index contributed by atoms with van der Waals surface area (Å²) in [5.41, 5.74) is 0. The zero-order valence-electron chi connectivity index (χ0n) is 6.92. The van der Waals surface area contributed by atoms with Crippen molar-refractivity contribution in [1.29, 1.82) is 0 Å². The lowest BCUT2D eigenvalue weighted by atomic mass is 9.89. The van der Waals surface area contributed by atoms with Gasteiger partial charge in [-0.15, -0.1) is 0 Å². The van der Waals surface area contributed by atoms with Crippen molar-refractivity contribution in [3.05, 3.63) is 16.8 Å². The van der Waals surface area contributed by atoms with E-state index in [9.17, 15) is 0 Å². The van der Waals surface area contributed by atoms with Crippen LogP contribution in [0.4, 0.5) is 0 Å². The summed E-state index contributed by atoms with van der Waals surface area (Å²) in [5.74, 6) is 1.49. The molecule has 1 aromatic heterocycles. The van der Waals surface area contributed by atoms with Gasteiger partial charge in [0, 0.05) is 5.92 Å². The summed E-state index contributed by atoms with van der Waals surface area (Å²) < 4.78 is 6.18. The highest BCUT2D eigenvalue weighted by Crippen LogP contribution is 2.32. The van der Waals surface area contributed by atoms with Gasteiger partial charge in [-0.3, -0.25) is 0 Å². The molecule has 0 aliphatic heterocycles. The molecule has 2 nitrogen and oxygen atoms in total. The van der Waals surface area contributed by atoms with E-state index in [1.165, 1.54) is 32.1 Å². The van der Waals surface area contributed by atoms with Crippen LogP contribution in [0.5, 0.6) is 0 Å². The van der Waals surface area contributed by atoms with Crippen molar-refractivity contribution >= 4 is 15.9 Å². The molecule has 3 heteroatoms. The molecule has 0 bridgehead atoms. The molecule has 1 heterocycles. The maximum absolute atomic E-state index is 5.43. The normalized spacial score (nSPS) is 19.8. The zero-order chi connectivity index (χ0) is 8.39. The molecule has 12 heavy (non-hydrogen) atoms. The van der Waals surface area contributed by atoms with Gasteiger partial charge in [0.05, 0.1) is 6.20 Å². The topological polar surface area (TPSA) is 26.0 Å². The Hall–Kier alpha value is -0.310. The third-order valence-electron chi connectivity index (χ3n) is 2.45. The van der Waals surface area contributed by atoms with E-state index in [-0.39, 0.29) is 0 Å². The van der Waals surface area contributed by atoms with Crippen LogP contribution in [0.15, 0.2) is 15.3 Å². The first-order valence-electron chi connectivity index (χ1n) is 4.47. The average molecular weight is 230 g/mol. The summed E-state index contributed by atoms with van der Waals surface area (Å²) >= 11 is 3.27. The first-order chi connectivity index (χ1) is 5.86. The molecule has 1 aliphatic rings. The molecule has 66 valence electrons. The minimum absolute atomic E-state index is 0.574. The van der Waals surface area contributed by atoms with Gasteiger partial charge < -0.3 is 4.42 Å². The number of aromatic nitrogens is 1. The minimum atomic E-state index is 0.574. The minimum Gasteiger partial charge on any atom is -0.434 e. The van der Waals surface area contributed by atoms with E-state index in [4.69, 9.17) is 4.42 Å². The van der Waals surface area contributed by atoms with Gasteiger partial charge in [0.15, 0.2) is 10.6 Å². The number of hydrogen-bond acceptors (Lipinski definition) is 2. The van der Waals surface area contributed by atoms with Crippen molar-refractivity contribution in [2.24, 2.45) is 0 Å². The van der Waals surface area contributed by atoms with Gasteiger partial charge in [-0.25, -0.2) is 4.98 Å². The van der Waals surface area contributed by atoms with Gasteiger partial charge in [-0.05, 0) is 28.8 Å². The van der Waals surface area contributed by atoms with Crippen LogP contribution < -0.4 is 0 Å². The molecule has 0 atom stereocenters. The van der Waals surface area contributed by atoms with Crippen molar-refractivity contribution in [3.8, 4) is 0 Å². The van der Waals surface area contributed by atoms with Crippen LogP contribution in [0.3, 0.4) is 0 Å². The molecule has 0 aromatic carbocycles. The Morgan fingerprint density at radius 1 is 1.33 bits per heavy atom. The standard InChI is InChI=1S/C9H12BrNO/c10-8-6-11-9(12-8)7-4-2-1-3-5-7/h6-7H,1-5H2. The van der Waals surface area contributed by atoms with Crippen molar-refractivity contribution < 1.29 is 4.42 Å². The van der Waals surface area contributed by atoms with Crippen molar-refractivity contribution in [2.45, 2.75) is 38.0 Å². The van der Waals surface area contributed by atoms with Gasteiger partial charge >= 0.3 is 0 Å². The molecule has 0 saturated heterocycles. The molecule has 2 rings (SSSR count). The maximum Gasteiger partial charge on any atom is 0.198 e. The first kappa shape index (κ1) is 8.30. The predicted octanol–water partition coefficient (Wildman–Crippen LogP) is 3.48. The van der Waals surface area contributed by atoms with Crippen LogP contribution in [0.1, 0.15) is 43.9 Å². The predicted molar refractivity (Wildman–Crippen MR) is 50.0 cm³/mol. The highest BCUT2D eigenvalue weighted by molar-refractivity contribution is 9.10. The lowest BCUT2D eigenvalue weighted by Gasteiger charge is -2.17. The molecule has 0 spiro atoms. The molecular formula is C9H12BrNO. The van der Waals surface area contributed by atoms with Crippen molar-refractivity contribution in [2.75, 3.05) is 0 Å². The van der Waals surface area contributed by atoms with E-state index in [0.29, 0.717) is 5.92 Å². The molecule has 0 N–H and O–H groups in total. The van der Waals surface area contributed by atoms with Crippen molar-refractivity contribution in [3.63, 3.8) is 0 Å². The summed E-state index contributed by atoms with van der Waals surface area (Å²) in [6, 6.07) is 0. The van der Waals surface area contributed by atoms with Gasteiger partial charge in [0.2, 0.25) is 0 Å². The van der Waals surface area contributed by atoms with Crippen LogP contribution >= 0.6 is 15.9 Å². The lowest BCUT2D eigenvalue weighted by Crippen LogP contribution is -2.04. The van der Waals surface area contributed by atoms with Gasteiger partial charge in [0.1, 0.15) is 0 Å². The van der Waals surface area contributed by atoms with Gasteiger partial charge in [0.25, 0.3) is 0 Å².